The van der Waals surface area contributed by atoms with Gasteiger partial charge in [0.2, 0.25) is 5.91 Å². The third kappa shape index (κ3) is 2.13. The monoisotopic (exact) mass is 256 g/mol. The minimum atomic E-state index is -0.292. The summed E-state index contributed by atoms with van der Waals surface area (Å²) in [6.45, 7) is 1.47. The van der Waals surface area contributed by atoms with E-state index in [0.29, 0.717) is 6.54 Å². The second-order valence-corrected chi connectivity index (χ2v) is 4.61. The van der Waals surface area contributed by atoms with Crippen LogP contribution in [0.1, 0.15) is 11.6 Å². The highest BCUT2D eigenvalue weighted by Gasteiger charge is 2.26. The van der Waals surface area contributed by atoms with Crippen LogP contribution in [0.25, 0.3) is 11.3 Å². The largest absolute Gasteiger partial charge is 0.353 e. The summed E-state index contributed by atoms with van der Waals surface area (Å²) >= 11 is 0. The number of hydrogen-bond donors (Lipinski definition) is 2. The van der Waals surface area contributed by atoms with E-state index < -0.39 is 0 Å². The molecule has 19 heavy (non-hydrogen) atoms. The van der Waals surface area contributed by atoms with Gasteiger partial charge in [0.05, 0.1) is 5.69 Å². The van der Waals surface area contributed by atoms with Gasteiger partial charge in [-0.3, -0.25) is 9.48 Å². The van der Waals surface area contributed by atoms with E-state index in [1.807, 2.05) is 42.1 Å². The normalized spacial score (nSPS) is 19.2. The van der Waals surface area contributed by atoms with Crippen molar-refractivity contribution in [3.05, 3.63) is 42.1 Å². The first kappa shape index (κ1) is 11.9. The molecule has 1 aromatic carbocycles. The van der Waals surface area contributed by atoms with Crippen molar-refractivity contribution in [1.29, 1.82) is 0 Å². The molecular formula is C14H16N4O. The standard InChI is InChI=1S/C14H16N4O/c1-18-12(6-7-17-18)10-4-2-3-5-11(10)13-14(19)16-9-8-15-13/h2-7,13,15H,8-9H2,1H3,(H,16,19). The molecule has 5 heteroatoms. The highest BCUT2D eigenvalue weighted by molar-refractivity contribution is 5.86. The van der Waals surface area contributed by atoms with Gasteiger partial charge in [0.15, 0.2) is 0 Å². The van der Waals surface area contributed by atoms with Gasteiger partial charge in [-0.05, 0) is 11.6 Å². The van der Waals surface area contributed by atoms with E-state index in [0.717, 1.165) is 23.4 Å². The fourth-order valence-corrected chi connectivity index (χ4v) is 2.47. The van der Waals surface area contributed by atoms with Crippen molar-refractivity contribution in [3.8, 4) is 11.3 Å². The van der Waals surface area contributed by atoms with Crippen molar-refractivity contribution in [2.45, 2.75) is 6.04 Å². The quantitative estimate of drug-likeness (QED) is 0.837. The van der Waals surface area contributed by atoms with E-state index in [2.05, 4.69) is 15.7 Å². The van der Waals surface area contributed by atoms with Crippen LogP contribution >= 0.6 is 0 Å². The topological polar surface area (TPSA) is 59.0 Å². The number of nitrogens with zero attached hydrogens (tertiary/aromatic N) is 2. The minimum Gasteiger partial charge on any atom is -0.353 e. The van der Waals surface area contributed by atoms with Crippen LogP contribution in [0, 0.1) is 0 Å². The Kier molecular flexibility index (Phi) is 3.05. The van der Waals surface area contributed by atoms with Gasteiger partial charge in [-0.1, -0.05) is 24.3 Å². The van der Waals surface area contributed by atoms with Gasteiger partial charge in [0.25, 0.3) is 0 Å². The molecule has 1 saturated heterocycles. The molecule has 1 unspecified atom stereocenters. The predicted octanol–water partition coefficient (Wildman–Crippen LogP) is 0.848. The fourth-order valence-electron chi connectivity index (χ4n) is 2.47. The van der Waals surface area contributed by atoms with Crippen LogP contribution in [0.15, 0.2) is 36.5 Å². The molecule has 0 bridgehead atoms. The van der Waals surface area contributed by atoms with Gasteiger partial charge in [-0.25, -0.2) is 0 Å². The molecule has 0 spiro atoms. The maximum atomic E-state index is 12.0. The smallest absolute Gasteiger partial charge is 0.241 e. The summed E-state index contributed by atoms with van der Waals surface area (Å²) in [5.74, 6) is 0.0286. The Hall–Kier alpha value is -2.14. The van der Waals surface area contributed by atoms with Crippen LogP contribution in [0.2, 0.25) is 0 Å². The number of benzene rings is 1. The zero-order valence-electron chi connectivity index (χ0n) is 10.8. The predicted molar refractivity (Wildman–Crippen MR) is 72.4 cm³/mol. The molecular weight excluding hydrogens is 240 g/mol. The van der Waals surface area contributed by atoms with Gasteiger partial charge >= 0.3 is 0 Å². The Morgan fingerprint density at radius 2 is 2.11 bits per heavy atom. The molecule has 2 heterocycles. The number of aromatic nitrogens is 2. The second-order valence-electron chi connectivity index (χ2n) is 4.61. The molecule has 1 amide bonds. The number of rotatable bonds is 2. The van der Waals surface area contributed by atoms with Gasteiger partial charge in [-0.2, -0.15) is 5.10 Å². The van der Waals surface area contributed by atoms with E-state index in [9.17, 15) is 4.79 Å². The number of aryl methyl sites for hydroxylation is 1. The van der Waals surface area contributed by atoms with Crippen molar-refractivity contribution in [3.63, 3.8) is 0 Å². The summed E-state index contributed by atoms with van der Waals surface area (Å²) in [5.41, 5.74) is 3.04. The minimum absolute atomic E-state index is 0.0286. The van der Waals surface area contributed by atoms with Gasteiger partial charge in [0.1, 0.15) is 6.04 Å². The molecule has 0 aliphatic carbocycles. The third-order valence-corrected chi connectivity index (χ3v) is 3.40. The molecule has 0 saturated carbocycles. The van der Waals surface area contributed by atoms with E-state index in [1.165, 1.54) is 0 Å². The van der Waals surface area contributed by atoms with Crippen LogP contribution in [0.3, 0.4) is 0 Å². The van der Waals surface area contributed by atoms with Gasteiger partial charge in [0, 0.05) is 31.9 Å². The van der Waals surface area contributed by atoms with E-state index in [-0.39, 0.29) is 11.9 Å². The van der Waals surface area contributed by atoms with E-state index in [4.69, 9.17) is 0 Å². The summed E-state index contributed by atoms with van der Waals surface area (Å²) < 4.78 is 1.82. The molecule has 1 aliphatic rings. The number of carbonyl (C=O) groups excluding carboxylic acids is 1. The number of piperazine rings is 1. The SMILES string of the molecule is Cn1nccc1-c1ccccc1C1NCCNC1=O. The lowest BCUT2D eigenvalue weighted by Gasteiger charge is -2.25. The van der Waals surface area contributed by atoms with Crippen LogP contribution in [0.4, 0.5) is 0 Å². The average Bonchev–Trinajstić information content (AvgIpc) is 2.86. The molecule has 98 valence electrons. The zero-order valence-corrected chi connectivity index (χ0v) is 10.8. The van der Waals surface area contributed by atoms with Crippen molar-refractivity contribution >= 4 is 5.91 Å². The summed E-state index contributed by atoms with van der Waals surface area (Å²) in [5, 5.41) is 10.4. The summed E-state index contributed by atoms with van der Waals surface area (Å²) in [6.07, 6.45) is 1.76. The van der Waals surface area contributed by atoms with Gasteiger partial charge < -0.3 is 10.6 Å². The highest BCUT2D eigenvalue weighted by atomic mass is 16.2. The first-order valence-corrected chi connectivity index (χ1v) is 6.36. The summed E-state index contributed by atoms with van der Waals surface area (Å²) in [4.78, 5) is 12.0. The Labute approximate surface area is 111 Å². The number of nitrogens with one attached hydrogen (secondary N) is 2. The van der Waals surface area contributed by atoms with Crippen LogP contribution < -0.4 is 10.6 Å². The number of amides is 1. The zero-order chi connectivity index (χ0) is 13.2. The molecule has 3 rings (SSSR count). The molecule has 1 fully saturated rings. The first-order chi connectivity index (χ1) is 9.27. The van der Waals surface area contributed by atoms with Crippen LogP contribution in [0.5, 0.6) is 0 Å². The van der Waals surface area contributed by atoms with Crippen molar-refractivity contribution in [2.24, 2.45) is 7.05 Å². The molecule has 2 N–H and O–H groups in total. The van der Waals surface area contributed by atoms with E-state index >= 15 is 0 Å². The van der Waals surface area contributed by atoms with Crippen LogP contribution in [-0.2, 0) is 11.8 Å². The Morgan fingerprint density at radius 1 is 1.26 bits per heavy atom. The Morgan fingerprint density at radius 3 is 2.84 bits per heavy atom. The van der Waals surface area contributed by atoms with Crippen molar-refractivity contribution in [1.82, 2.24) is 20.4 Å². The Balaban J connectivity index is 2.07. The lowest BCUT2D eigenvalue weighted by atomic mass is 9.96. The lowest BCUT2D eigenvalue weighted by molar-refractivity contribution is -0.124. The van der Waals surface area contributed by atoms with Crippen molar-refractivity contribution < 1.29 is 4.79 Å². The van der Waals surface area contributed by atoms with Crippen LogP contribution in [-0.4, -0.2) is 28.8 Å². The molecule has 2 aromatic rings. The number of carbonyl (C=O) groups is 1. The Bertz CT molecular complexity index is 605. The molecule has 1 aromatic heterocycles. The third-order valence-electron chi connectivity index (χ3n) is 3.40. The van der Waals surface area contributed by atoms with Gasteiger partial charge in [-0.15, -0.1) is 0 Å². The molecule has 5 nitrogen and oxygen atoms in total. The summed E-state index contributed by atoms with van der Waals surface area (Å²) in [6, 6.07) is 9.62. The lowest BCUT2D eigenvalue weighted by Crippen LogP contribution is -2.47. The number of hydrogen-bond acceptors (Lipinski definition) is 3. The second kappa shape index (κ2) is 4.85. The maximum Gasteiger partial charge on any atom is 0.241 e. The molecule has 0 radical (unpaired) electrons. The average molecular weight is 256 g/mol. The maximum absolute atomic E-state index is 12.0. The van der Waals surface area contributed by atoms with Crippen molar-refractivity contribution in [2.75, 3.05) is 13.1 Å². The molecule has 1 atom stereocenters. The van der Waals surface area contributed by atoms with E-state index in [1.54, 1.807) is 6.20 Å². The first-order valence-electron chi connectivity index (χ1n) is 6.36. The molecule has 1 aliphatic heterocycles. The highest BCUT2D eigenvalue weighted by Crippen LogP contribution is 2.28. The summed E-state index contributed by atoms with van der Waals surface area (Å²) in [7, 11) is 1.90. The fraction of sp³-hybridized carbons (Fsp3) is 0.286.